The van der Waals surface area contributed by atoms with Crippen LogP contribution in [0.2, 0.25) is 0 Å². The van der Waals surface area contributed by atoms with Crippen molar-refractivity contribution in [2.75, 3.05) is 10.6 Å². The lowest BCUT2D eigenvalue weighted by Crippen LogP contribution is -2.27. The largest absolute Gasteiger partial charge is 0.573 e. The first-order valence-electron chi connectivity index (χ1n) is 8.40. The Bertz CT molecular complexity index is 955. The normalized spacial score (nSPS) is 11.6. The first-order valence-corrected chi connectivity index (χ1v) is 8.40. The molecule has 2 amide bonds. The molecule has 0 aliphatic heterocycles. The van der Waals surface area contributed by atoms with Gasteiger partial charge in [0.15, 0.2) is 11.6 Å². The third kappa shape index (κ3) is 6.90. The van der Waals surface area contributed by atoms with Crippen LogP contribution < -0.4 is 15.4 Å². The van der Waals surface area contributed by atoms with Crippen LogP contribution in [0.5, 0.6) is 5.75 Å². The van der Waals surface area contributed by atoms with Gasteiger partial charge in [-0.3, -0.25) is 10.1 Å². The number of halogens is 5. The van der Waals surface area contributed by atoms with E-state index in [4.69, 9.17) is 4.74 Å². The molecule has 0 aromatic heterocycles. The third-order valence-electron chi connectivity index (χ3n) is 3.28. The Labute approximate surface area is 168 Å². The van der Waals surface area contributed by atoms with Crippen LogP contribution in [0.25, 0.3) is 0 Å². The van der Waals surface area contributed by atoms with Gasteiger partial charge in [0.1, 0.15) is 11.4 Å². The Balaban J connectivity index is 2.19. The molecule has 11 heteroatoms. The highest BCUT2D eigenvalue weighted by atomic mass is 19.4. The molecule has 6 nitrogen and oxygen atoms in total. The lowest BCUT2D eigenvalue weighted by Gasteiger charge is -2.20. The maximum Gasteiger partial charge on any atom is 0.573 e. The molecular weight excluding hydrogens is 415 g/mol. The van der Waals surface area contributed by atoms with Crippen molar-refractivity contribution in [3.8, 4) is 5.75 Å². The third-order valence-corrected chi connectivity index (χ3v) is 3.28. The van der Waals surface area contributed by atoms with Crippen molar-refractivity contribution in [3.63, 3.8) is 0 Å². The van der Waals surface area contributed by atoms with Crippen molar-refractivity contribution in [2.45, 2.75) is 32.7 Å². The van der Waals surface area contributed by atoms with E-state index < -0.39 is 46.9 Å². The maximum atomic E-state index is 14.0. The molecule has 2 N–H and O–H groups in total. The van der Waals surface area contributed by atoms with Gasteiger partial charge in [-0.1, -0.05) is 0 Å². The number of anilines is 2. The number of ether oxygens (including phenoxy) is 2. The van der Waals surface area contributed by atoms with E-state index in [1.54, 1.807) is 20.8 Å². The standard InChI is InChI=1S/C19H17F5N2O4/c1-18(2,3)30-17(28)25-11-5-7-12(20)14(9-11)26-16(27)10-4-6-13(21)15(8-10)29-19(22,23)24/h4-9H,1-3H3,(H,25,28)(H,26,27). The maximum absolute atomic E-state index is 14.0. The van der Waals surface area contributed by atoms with Crippen molar-refractivity contribution >= 4 is 23.4 Å². The summed E-state index contributed by atoms with van der Waals surface area (Å²) in [5, 5.41) is 4.48. The van der Waals surface area contributed by atoms with Crippen LogP contribution >= 0.6 is 0 Å². The van der Waals surface area contributed by atoms with Gasteiger partial charge in [-0.15, -0.1) is 13.2 Å². The summed E-state index contributed by atoms with van der Waals surface area (Å²) in [5.74, 6) is -4.46. The van der Waals surface area contributed by atoms with Crippen LogP contribution in [0.15, 0.2) is 36.4 Å². The fourth-order valence-electron chi connectivity index (χ4n) is 2.16. The van der Waals surface area contributed by atoms with E-state index in [-0.39, 0.29) is 11.4 Å². The fraction of sp³-hybridized carbons (Fsp3) is 0.263. The Kier molecular flexibility index (Phi) is 6.53. The second kappa shape index (κ2) is 8.56. The molecule has 0 aliphatic carbocycles. The summed E-state index contributed by atoms with van der Waals surface area (Å²) in [6, 6.07) is 5.27. The first kappa shape index (κ1) is 22.9. The molecule has 2 aromatic carbocycles. The number of carbonyl (C=O) groups excluding carboxylic acids is 2. The van der Waals surface area contributed by atoms with Crippen molar-refractivity contribution in [2.24, 2.45) is 0 Å². The van der Waals surface area contributed by atoms with Crippen LogP contribution in [-0.2, 0) is 4.74 Å². The van der Waals surface area contributed by atoms with Gasteiger partial charge in [0.2, 0.25) is 0 Å². The molecule has 162 valence electrons. The van der Waals surface area contributed by atoms with Gasteiger partial charge in [-0.05, 0) is 57.2 Å². The lowest BCUT2D eigenvalue weighted by atomic mass is 10.2. The second-order valence-electron chi connectivity index (χ2n) is 6.97. The first-order chi connectivity index (χ1) is 13.7. The van der Waals surface area contributed by atoms with E-state index in [1.807, 2.05) is 0 Å². The van der Waals surface area contributed by atoms with Crippen molar-refractivity contribution in [3.05, 3.63) is 53.6 Å². The predicted octanol–water partition coefficient (Wildman–Crippen LogP) is 5.46. The highest BCUT2D eigenvalue weighted by molar-refractivity contribution is 6.05. The molecule has 0 saturated heterocycles. The number of rotatable bonds is 4. The molecule has 30 heavy (non-hydrogen) atoms. The number of nitrogens with one attached hydrogen (secondary N) is 2. The molecule has 0 spiro atoms. The van der Waals surface area contributed by atoms with E-state index in [9.17, 15) is 31.5 Å². The Morgan fingerprint density at radius 2 is 1.53 bits per heavy atom. The van der Waals surface area contributed by atoms with Gasteiger partial charge in [0, 0.05) is 11.3 Å². The molecule has 0 heterocycles. The highest BCUT2D eigenvalue weighted by Crippen LogP contribution is 2.27. The number of amides is 2. The van der Waals surface area contributed by atoms with Crippen LogP contribution in [0.4, 0.5) is 38.1 Å². The average Bonchev–Trinajstić information content (AvgIpc) is 2.56. The molecule has 0 atom stereocenters. The van der Waals surface area contributed by atoms with Crippen molar-refractivity contribution in [1.29, 1.82) is 0 Å². The van der Waals surface area contributed by atoms with E-state index in [1.165, 1.54) is 6.07 Å². The Hall–Kier alpha value is -3.37. The molecule has 0 saturated carbocycles. The minimum Gasteiger partial charge on any atom is -0.444 e. The molecular formula is C19H17F5N2O4. The molecule has 0 aliphatic rings. The number of alkyl halides is 3. The molecule has 0 radical (unpaired) electrons. The summed E-state index contributed by atoms with van der Waals surface area (Å²) in [5.41, 5.74) is -1.49. The van der Waals surface area contributed by atoms with Gasteiger partial charge < -0.3 is 14.8 Å². The summed E-state index contributed by atoms with van der Waals surface area (Å²) in [6.45, 7) is 4.92. The van der Waals surface area contributed by atoms with Crippen molar-refractivity contribution < 1.29 is 41.0 Å². The van der Waals surface area contributed by atoms with E-state index in [0.717, 1.165) is 18.2 Å². The topological polar surface area (TPSA) is 76.7 Å². The summed E-state index contributed by atoms with van der Waals surface area (Å²) >= 11 is 0. The van der Waals surface area contributed by atoms with Gasteiger partial charge in [-0.2, -0.15) is 0 Å². The number of hydrogen-bond acceptors (Lipinski definition) is 4. The zero-order valence-electron chi connectivity index (χ0n) is 16.0. The smallest absolute Gasteiger partial charge is 0.444 e. The minimum atomic E-state index is -5.16. The lowest BCUT2D eigenvalue weighted by molar-refractivity contribution is -0.275. The number of hydrogen-bond donors (Lipinski definition) is 2. The molecule has 0 fully saturated rings. The fourth-order valence-corrected chi connectivity index (χ4v) is 2.16. The van der Waals surface area contributed by atoms with Gasteiger partial charge >= 0.3 is 12.5 Å². The summed E-state index contributed by atoms with van der Waals surface area (Å²) < 4.78 is 73.0. The molecule has 2 aromatic rings. The van der Waals surface area contributed by atoms with Gasteiger partial charge in [0.25, 0.3) is 5.91 Å². The SMILES string of the molecule is CC(C)(C)OC(=O)Nc1ccc(F)c(NC(=O)c2ccc(F)c(OC(F)(F)F)c2)c1. The molecule has 2 rings (SSSR count). The van der Waals surface area contributed by atoms with Crippen LogP contribution in [0, 0.1) is 11.6 Å². The van der Waals surface area contributed by atoms with Gasteiger partial charge in [-0.25, -0.2) is 13.6 Å². The Morgan fingerprint density at radius 1 is 0.900 bits per heavy atom. The monoisotopic (exact) mass is 432 g/mol. The minimum absolute atomic E-state index is 0.0844. The summed E-state index contributed by atoms with van der Waals surface area (Å²) in [7, 11) is 0. The highest BCUT2D eigenvalue weighted by Gasteiger charge is 2.32. The van der Waals surface area contributed by atoms with Crippen LogP contribution in [0.3, 0.4) is 0 Å². The van der Waals surface area contributed by atoms with Crippen LogP contribution in [-0.4, -0.2) is 24.0 Å². The second-order valence-corrected chi connectivity index (χ2v) is 6.97. The van der Waals surface area contributed by atoms with E-state index in [0.29, 0.717) is 12.1 Å². The van der Waals surface area contributed by atoms with Crippen molar-refractivity contribution in [1.82, 2.24) is 0 Å². The summed E-state index contributed by atoms with van der Waals surface area (Å²) in [4.78, 5) is 24.1. The van der Waals surface area contributed by atoms with Crippen LogP contribution in [0.1, 0.15) is 31.1 Å². The summed E-state index contributed by atoms with van der Waals surface area (Å²) in [6.07, 6.45) is -5.98. The Morgan fingerprint density at radius 3 is 2.13 bits per heavy atom. The predicted molar refractivity (Wildman–Crippen MR) is 97.3 cm³/mol. The number of benzene rings is 2. The molecule has 0 bridgehead atoms. The zero-order chi connectivity index (χ0) is 22.7. The van der Waals surface area contributed by atoms with E-state index >= 15 is 0 Å². The quantitative estimate of drug-likeness (QED) is 0.629. The molecule has 0 unspecified atom stereocenters. The van der Waals surface area contributed by atoms with E-state index in [2.05, 4.69) is 15.4 Å². The average molecular weight is 432 g/mol. The number of carbonyl (C=O) groups is 2. The zero-order valence-corrected chi connectivity index (χ0v) is 16.0. The van der Waals surface area contributed by atoms with Gasteiger partial charge in [0.05, 0.1) is 5.69 Å².